The molecule has 2 N–H and O–H groups in total. The number of ether oxygens (including phenoxy) is 1. The number of hydrogen-bond donors (Lipinski definition) is 1. The summed E-state index contributed by atoms with van der Waals surface area (Å²) in [5.74, 6) is 1.28. The van der Waals surface area contributed by atoms with Crippen LogP contribution in [0.4, 0.5) is 0 Å². The zero-order valence-corrected chi connectivity index (χ0v) is 12.3. The molecule has 0 unspecified atom stereocenters. The van der Waals surface area contributed by atoms with E-state index in [1.807, 2.05) is 0 Å². The van der Waals surface area contributed by atoms with Crippen molar-refractivity contribution in [1.82, 2.24) is 0 Å². The molecule has 0 aliphatic carbocycles. The van der Waals surface area contributed by atoms with E-state index in [0.717, 1.165) is 38.8 Å². The van der Waals surface area contributed by atoms with Gasteiger partial charge in [-0.25, -0.2) is 0 Å². The maximum Gasteiger partial charge on any atom is 0.0654 e. The molecule has 0 radical (unpaired) electrons. The van der Waals surface area contributed by atoms with Crippen molar-refractivity contribution in [2.75, 3.05) is 13.2 Å². The molecule has 19 heavy (non-hydrogen) atoms. The Hall–Kier alpha value is -0.860. The fourth-order valence-corrected chi connectivity index (χ4v) is 3.32. The lowest BCUT2D eigenvalue weighted by Crippen LogP contribution is -2.38. The first kappa shape index (κ1) is 14.5. The summed E-state index contributed by atoms with van der Waals surface area (Å²) in [7, 11) is 0. The van der Waals surface area contributed by atoms with E-state index >= 15 is 0 Å². The molecular formula is C17H27NO. The summed E-state index contributed by atoms with van der Waals surface area (Å²) in [6, 6.07) is 10.9. The van der Waals surface area contributed by atoms with Gasteiger partial charge in [-0.3, -0.25) is 0 Å². The molecule has 1 fully saturated rings. The quantitative estimate of drug-likeness (QED) is 0.877. The van der Waals surface area contributed by atoms with E-state index in [1.54, 1.807) is 0 Å². The van der Waals surface area contributed by atoms with Gasteiger partial charge in [-0.1, -0.05) is 37.3 Å². The van der Waals surface area contributed by atoms with Gasteiger partial charge < -0.3 is 10.5 Å². The summed E-state index contributed by atoms with van der Waals surface area (Å²) < 4.78 is 5.98. The topological polar surface area (TPSA) is 35.2 Å². The van der Waals surface area contributed by atoms with Gasteiger partial charge in [-0.05, 0) is 56.6 Å². The third-order valence-electron chi connectivity index (χ3n) is 4.66. The average molecular weight is 261 g/mol. The highest BCUT2D eigenvalue weighted by molar-refractivity contribution is 5.20. The largest absolute Gasteiger partial charge is 0.375 e. The highest BCUT2D eigenvalue weighted by Gasteiger charge is 2.35. The Balaban J connectivity index is 2.15. The molecule has 0 spiro atoms. The van der Waals surface area contributed by atoms with Crippen LogP contribution in [0.3, 0.4) is 0 Å². The third kappa shape index (κ3) is 3.58. The minimum absolute atomic E-state index is 0.0601. The maximum absolute atomic E-state index is 5.98. The molecule has 2 nitrogen and oxygen atoms in total. The molecule has 3 atom stereocenters. The summed E-state index contributed by atoms with van der Waals surface area (Å²) in [6.07, 6.45) is 4.49. The van der Waals surface area contributed by atoms with Crippen LogP contribution in [0.2, 0.25) is 0 Å². The molecule has 1 aliphatic heterocycles. The SMILES string of the molecule is CC[C@]1(C)C[C@@H]([C@@H](CCN)c2ccccc2)CCO1. The minimum atomic E-state index is 0.0601. The van der Waals surface area contributed by atoms with E-state index in [9.17, 15) is 0 Å². The number of nitrogens with two attached hydrogens (primary N) is 1. The monoisotopic (exact) mass is 261 g/mol. The van der Waals surface area contributed by atoms with Crippen LogP contribution in [0.5, 0.6) is 0 Å². The van der Waals surface area contributed by atoms with Gasteiger partial charge in [0.15, 0.2) is 0 Å². The normalized spacial score (nSPS) is 29.1. The molecule has 2 rings (SSSR count). The lowest BCUT2D eigenvalue weighted by atomic mass is 9.74. The van der Waals surface area contributed by atoms with E-state index in [-0.39, 0.29) is 5.60 Å². The zero-order chi connectivity index (χ0) is 13.7. The molecule has 0 saturated carbocycles. The first-order valence-corrected chi connectivity index (χ1v) is 7.57. The first-order valence-electron chi connectivity index (χ1n) is 7.57. The maximum atomic E-state index is 5.98. The van der Waals surface area contributed by atoms with E-state index in [1.165, 1.54) is 5.56 Å². The van der Waals surface area contributed by atoms with Crippen LogP contribution in [0.15, 0.2) is 30.3 Å². The van der Waals surface area contributed by atoms with Crippen LogP contribution in [0, 0.1) is 5.92 Å². The molecule has 1 aromatic carbocycles. The van der Waals surface area contributed by atoms with Gasteiger partial charge >= 0.3 is 0 Å². The van der Waals surface area contributed by atoms with Crippen molar-refractivity contribution in [3.63, 3.8) is 0 Å². The second-order valence-electron chi connectivity index (χ2n) is 6.00. The lowest BCUT2D eigenvalue weighted by Gasteiger charge is -2.41. The molecule has 0 bridgehead atoms. The fraction of sp³-hybridized carbons (Fsp3) is 0.647. The standard InChI is InChI=1S/C17H27NO/c1-3-17(2)13-15(10-12-19-17)16(9-11-18)14-7-5-4-6-8-14/h4-8,15-16H,3,9-13,18H2,1-2H3/t15-,16-,17+/m0/s1. The Morgan fingerprint density at radius 1 is 1.37 bits per heavy atom. The Morgan fingerprint density at radius 3 is 2.74 bits per heavy atom. The average Bonchev–Trinajstić information content (AvgIpc) is 2.46. The van der Waals surface area contributed by atoms with E-state index in [2.05, 4.69) is 44.2 Å². The van der Waals surface area contributed by atoms with Crippen molar-refractivity contribution in [1.29, 1.82) is 0 Å². The molecule has 1 saturated heterocycles. The van der Waals surface area contributed by atoms with Crippen molar-refractivity contribution in [2.24, 2.45) is 11.7 Å². The lowest BCUT2D eigenvalue weighted by molar-refractivity contribution is -0.0914. The summed E-state index contributed by atoms with van der Waals surface area (Å²) >= 11 is 0. The summed E-state index contributed by atoms with van der Waals surface area (Å²) in [4.78, 5) is 0. The number of benzene rings is 1. The third-order valence-corrected chi connectivity index (χ3v) is 4.66. The summed E-state index contributed by atoms with van der Waals surface area (Å²) in [5, 5.41) is 0. The van der Waals surface area contributed by atoms with Crippen LogP contribution in [0.25, 0.3) is 0 Å². The van der Waals surface area contributed by atoms with Crippen LogP contribution in [-0.4, -0.2) is 18.8 Å². The first-order chi connectivity index (χ1) is 9.18. The number of hydrogen-bond acceptors (Lipinski definition) is 2. The minimum Gasteiger partial charge on any atom is -0.375 e. The molecule has 0 aromatic heterocycles. The van der Waals surface area contributed by atoms with Gasteiger partial charge in [-0.2, -0.15) is 0 Å². The van der Waals surface area contributed by atoms with Crippen molar-refractivity contribution < 1.29 is 4.74 Å². The molecule has 2 heteroatoms. The van der Waals surface area contributed by atoms with Gasteiger partial charge in [0.05, 0.1) is 5.60 Å². The van der Waals surface area contributed by atoms with Crippen molar-refractivity contribution >= 4 is 0 Å². The van der Waals surface area contributed by atoms with Gasteiger partial charge in [0.2, 0.25) is 0 Å². The van der Waals surface area contributed by atoms with E-state index < -0.39 is 0 Å². The Morgan fingerprint density at radius 2 is 2.11 bits per heavy atom. The molecule has 1 heterocycles. The van der Waals surface area contributed by atoms with Crippen LogP contribution in [-0.2, 0) is 4.74 Å². The Kier molecular flexibility index (Phi) is 5.00. The predicted octanol–water partition coefficient (Wildman–Crippen LogP) is 3.71. The molecular weight excluding hydrogens is 234 g/mol. The van der Waals surface area contributed by atoms with Crippen molar-refractivity contribution in [2.45, 2.75) is 51.0 Å². The van der Waals surface area contributed by atoms with Crippen LogP contribution >= 0.6 is 0 Å². The highest BCUT2D eigenvalue weighted by atomic mass is 16.5. The van der Waals surface area contributed by atoms with Crippen LogP contribution in [0.1, 0.15) is 51.0 Å². The Labute approximate surface area is 117 Å². The van der Waals surface area contributed by atoms with Gasteiger partial charge in [0, 0.05) is 6.61 Å². The second-order valence-corrected chi connectivity index (χ2v) is 6.00. The van der Waals surface area contributed by atoms with Gasteiger partial charge in [0.25, 0.3) is 0 Å². The van der Waals surface area contributed by atoms with Crippen LogP contribution < -0.4 is 5.73 Å². The van der Waals surface area contributed by atoms with E-state index in [0.29, 0.717) is 11.8 Å². The smallest absolute Gasteiger partial charge is 0.0654 e. The summed E-state index contributed by atoms with van der Waals surface area (Å²) in [5.41, 5.74) is 7.35. The van der Waals surface area contributed by atoms with Crippen molar-refractivity contribution in [3.05, 3.63) is 35.9 Å². The fourth-order valence-electron chi connectivity index (χ4n) is 3.32. The number of rotatable bonds is 5. The summed E-state index contributed by atoms with van der Waals surface area (Å²) in [6.45, 7) is 6.13. The predicted molar refractivity (Wildman–Crippen MR) is 80.2 cm³/mol. The Bertz CT molecular complexity index is 378. The molecule has 106 valence electrons. The second kappa shape index (κ2) is 6.53. The van der Waals surface area contributed by atoms with Gasteiger partial charge in [0.1, 0.15) is 0 Å². The molecule has 0 amide bonds. The molecule has 1 aromatic rings. The van der Waals surface area contributed by atoms with Gasteiger partial charge in [-0.15, -0.1) is 0 Å². The molecule has 1 aliphatic rings. The van der Waals surface area contributed by atoms with E-state index in [4.69, 9.17) is 10.5 Å². The highest BCUT2D eigenvalue weighted by Crippen LogP contribution is 2.40. The zero-order valence-electron chi connectivity index (χ0n) is 12.3. The van der Waals surface area contributed by atoms with Crippen molar-refractivity contribution in [3.8, 4) is 0 Å².